The second kappa shape index (κ2) is 9.53. The Hall–Kier alpha value is -2.66. The highest BCUT2D eigenvalue weighted by Crippen LogP contribution is 2.32. The molecule has 0 unspecified atom stereocenters. The van der Waals surface area contributed by atoms with Crippen LogP contribution in [0, 0.1) is 0 Å². The molecule has 5 rings (SSSR count). The van der Waals surface area contributed by atoms with Gasteiger partial charge in [-0.15, -0.1) is 0 Å². The molecule has 5 heteroatoms. The van der Waals surface area contributed by atoms with Gasteiger partial charge in [0.25, 0.3) is 0 Å². The Morgan fingerprint density at radius 3 is 2.41 bits per heavy atom. The molecule has 0 atom stereocenters. The summed E-state index contributed by atoms with van der Waals surface area (Å²) in [4.78, 5) is 13.2. The van der Waals surface area contributed by atoms with Crippen LogP contribution in [0.4, 0.5) is 0 Å². The molecule has 1 N–H and O–H groups in total. The first-order valence-electron chi connectivity index (χ1n) is 12.2. The second-order valence-corrected chi connectivity index (χ2v) is 10.4. The van der Waals surface area contributed by atoms with E-state index in [0.717, 1.165) is 65.5 Å². The molecule has 2 aromatic heterocycles. The smallest absolute Gasteiger partial charge is 0.137 e. The summed E-state index contributed by atoms with van der Waals surface area (Å²) in [6.07, 6.45) is 5.15. The molecule has 1 aliphatic rings. The highest BCUT2D eigenvalue weighted by Gasteiger charge is 2.28. The Labute approximate surface area is 207 Å². The summed E-state index contributed by atoms with van der Waals surface area (Å²) < 4.78 is 0. The van der Waals surface area contributed by atoms with Crippen LogP contribution in [0.1, 0.15) is 32.8 Å². The molecule has 2 aromatic carbocycles. The van der Waals surface area contributed by atoms with Crippen LogP contribution in [0.5, 0.6) is 0 Å². The fourth-order valence-electron chi connectivity index (χ4n) is 4.85. The highest BCUT2D eigenvalue weighted by atomic mass is 35.5. The standard InChI is InChI=1S/C29H33ClN4/c1-4-29(2,3)34-14-12-33(13-15-34)20-21-8-10-22(11-9-21)24-17-26-27(19-32-28(26)31-18-24)23-6-5-7-25(30)16-23/h5-11,16-19H,4,12-15,20H2,1-3H3,(H,31,32). The third kappa shape index (κ3) is 4.76. The Bertz CT molecular complexity index is 1270. The zero-order valence-corrected chi connectivity index (χ0v) is 21.1. The molecule has 176 valence electrons. The van der Waals surface area contributed by atoms with Crippen molar-refractivity contribution in [2.45, 2.75) is 39.3 Å². The van der Waals surface area contributed by atoms with E-state index in [2.05, 4.69) is 76.9 Å². The van der Waals surface area contributed by atoms with Gasteiger partial charge in [-0.1, -0.05) is 54.9 Å². The van der Waals surface area contributed by atoms with Gasteiger partial charge in [0.1, 0.15) is 5.65 Å². The van der Waals surface area contributed by atoms with E-state index in [4.69, 9.17) is 11.6 Å². The van der Waals surface area contributed by atoms with Crippen molar-refractivity contribution >= 4 is 22.6 Å². The minimum atomic E-state index is 0.301. The van der Waals surface area contributed by atoms with E-state index in [1.54, 1.807) is 0 Å². The van der Waals surface area contributed by atoms with Crippen molar-refractivity contribution in [3.63, 3.8) is 0 Å². The average molecular weight is 473 g/mol. The number of aromatic amines is 1. The van der Waals surface area contributed by atoms with Crippen LogP contribution in [-0.2, 0) is 6.54 Å². The Morgan fingerprint density at radius 1 is 0.941 bits per heavy atom. The van der Waals surface area contributed by atoms with Crippen LogP contribution >= 0.6 is 11.6 Å². The monoisotopic (exact) mass is 472 g/mol. The van der Waals surface area contributed by atoms with Gasteiger partial charge in [0.2, 0.25) is 0 Å². The third-order valence-corrected chi connectivity index (χ3v) is 7.69. The molecule has 1 saturated heterocycles. The van der Waals surface area contributed by atoms with E-state index in [1.165, 1.54) is 17.5 Å². The molecule has 4 nitrogen and oxygen atoms in total. The molecule has 0 amide bonds. The lowest BCUT2D eigenvalue weighted by molar-refractivity contribution is 0.0471. The van der Waals surface area contributed by atoms with E-state index in [1.807, 2.05) is 30.6 Å². The number of rotatable bonds is 6. The number of piperazine rings is 1. The van der Waals surface area contributed by atoms with Crippen molar-refractivity contribution in [3.8, 4) is 22.3 Å². The van der Waals surface area contributed by atoms with Crippen LogP contribution in [0.2, 0.25) is 5.02 Å². The fraction of sp³-hybridized carbons (Fsp3) is 0.345. The number of fused-ring (bicyclic) bond motifs is 1. The number of hydrogen-bond acceptors (Lipinski definition) is 3. The number of pyridine rings is 1. The van der Waals surface area contributed by atoms with Crippen LogP contribution in [0.15, 0.2) is 67.0 Å². The topological polar surface area (TPSA) is 35.2 Å². The number of nitrogens with one attached hydrogen (secondary N) is 1. The Morgan fingerprint density at radius 2 is 1.71 bits per heavy atom. The number of hydrogen-bond donors (Lipinski definition) is 1. The quantitative estimate of drug-likeness (QED) is 0.333. The second-order valence-electron chi connectivity index (χ2n) is 9.96. The average Bonchev–Trinajstić information content (AvgIpc) is 3.28. The third-order valence-electron chi connectivity index (χ3n) is 7.45. The van der Waals surface area contributed by atoms with Crippen LogP contribution in [-0.4, -0.2) is 51.5 Å². The van der Waals surface area contributed by atoms with Crippen molar-refractivity contribution < 1.29 is 0 Å². The summed E-state index contributed by atoms with van der Waals surface area (Å²) in [5.74, 6) is 0. The molecule has 1 fully saturated rings. The maximum absolute atomic E-state index is 6.23. The van der Waals surface area contributed by atoms with Gasteiger partial charge in [-0.25, -0.2) is 4.98 Å². The van der Waals surface area contributed by atoms with E-state index >= 15 is 0 Å². The lowest BCUT2D eigenvalue weighted by atomic mass is 9.98. The molecule has 3 heterocycles. The molecule has 0 aliphatic carbocycles. The predicted octanol–water partition coefficient (Wildman–Crippen LogP) is 6.86. The van der Waals surface area contributed by atoms with E-state index in [-0.39, 0.29) is 0 Å². The van der Waals surface area contributed by atoms with Crippen LogP contribution < -0.4 is 0 Å². The van der Waals surface area contributed by atoms with Gasteiger partial charge < -0.3 is 4.98 Å². The van der Waals surface area contributed by atoms with Gasteiger partial charge in [-0.3, -0.25) is 9.80 Å². The van der Waals surface area contributed by atoms with E-state index in [0.29, 0.717) is 5.54 Å². The van der Waals surface area contributed by atoms with Crippen LogP contribution in [0.3, 0.4) is 0 Å². The largest absolute Gasteiger partial charge is 0.346 e. The van der Waals surface area contributed by atoms with Crippen molar-refractivity contribution in [1.82, 2.24) is 19.8 Å². The van der Waals surface area contributed by atoms with Crippen LogP contribution in [0.25, 0.3) is 33.3 Å². The minimum absolute atomic E-state index is 0.301. The first kappa shape index (κ1) is 23.1. The Balaban J connectivity index is 1.30. The number of nitrogens with zero attached hydrogens (tertiary/aromatic N) is 3. The molecule has 34 heavy (non-hydrogen) atoms. The number of aromatic nitrogens is 2. The summed E-state index contributed by atoms with van der Waals surface area (Å²) >= 11 is 6.23. The molecular formula is C29H33ClN4. The van der Waals surface area contributed by atoms with E-state index in [9.17, 15) is 0 Å². The maximum atomic E-state index is 6.23. The van der Waals surface area contributed by atoms with Crippen molar-refractivity contribution in [3.05, 3.63) is 77.6 Å². The fourth-order valence-corrected chi connectivity index (χ4v) is 5.04. The molecule has 0 bridgehead atoms. The molecular weight excluding hydrogens is 440 g/mol. The normalized spacial score (nSPS) is 15.8. The Kier molecular flexibility index (Phi) is 6.48. The first-order chi connectivity index (χ1) is 16.4. The highest BCUT2D eigenvalue weighted by molar-refractivity contribution is 6.30. The summed E-state index contributed by atoms with van der Waals surface area (Å²) in [6.45, 7) is 12.6. The molecule has 1 aliphatic heterocycles. The summed E-state index contributed by atoms with van der Waals surface area (Å²) in [5.41, 5.74) is 7.07. The zero-order valence-electron chi connectivity index (χ0n) is 20.3. The predicted molar refractivity (Wildman–Crippen MR) is 143 cm³/mol. The summed E-state index contributed by atoms with van der Waals surface area (Å²) in [6, 6.07) is 19.1. The van der Waals surface area contributed by atoms with Gasteiger partial charge in [-0.05, 0) is 55.2 Å². The van der Waals surface area contributed by atoms with Gasteiger partial charge in [0, 0.05) is 72.2 Å². The van der Waals surface area contributed by atoms with Crippen molar-refractivity contribution in [2.75, 3.05) is 26.2 Å². The number of H-pyrrole nitrogens is 1. The number of benzene rings is 2. The lowest BCUT2D eigenvalue weighted by Gasteiger charge is -2.43. The van der Waals surface area contributed by atoms with E-state index < -0.39 is 0 Å². The van der Waals surface area contributed by atoms with Crippen molar-refractivity contribution in [2.24, 2.45) is 0 Å². The van der Waals surface area contributed by atoms with Gasteiger partial charge in [-0.2, -0.15) is 0 Å². The SMILES string of the molecule is CCC(C)(C)N1CCN(Cc2ccc(-c3cnc4[nH]cc(-c5cccc(Cl)c5)c4c3)cc2)CC1. The molecule has 0 saturated carbocycles. The number of halogens is 1. The van der Waals surface area contributed by atoms with Gasteiger partial charge >= 0.3 is 0 Å². The maximum Gasteiger partial charge on any atom is 0.137 e. The molecule has 4 aromatic rings. The van der Waals surface area contributed by atoms with Crippen molar-refractivity contribution in [1.29, 1.82) is 0 Å². The zero-order chi connectivity index (χ0) is 23.7. The summed E-state index contributed by atoms with van der Waals surface area (Å²) in [7, 11) is 0. The van der Waals surface area contributed by atoms with Gasteiger partial charge in [0.15, 0.2) is 0 Å². The minimum Gasteiger partial charge on any atom is -0.346 e. The molecule has 0 radical (unpaired) electrons. The lowest BCUT2D eigenvalue weighted by Crippen LogP contribution is -2.54. The molecule has 0 spiro atoms. The van der Waals surface area contributed by atoms with Gasteiger partial charge in [0.05, 0.1) is 0 Å². The summed E-state index contributed by atoms with van der Waals surface area (Å²) in [5, 5.41) is 1.85. The first-order valence-corrected chi connectivity index (χ1v) is 12.6.